The smallest absolute Gasteiger partial charge is 0.341 e. The summed E-state index contributed by atoms with van der Waals surface area (Å²) in [4.78, 5) is 15.1. The average molecular weight is 295 g/mol. The van der Waals surface area contributed by atoms with Gasteiger partial charge in [-0.3, -0.25) is 0 Å². The van der Waals surface area contributed by atoms with E-state index in [1.54, 1.807) is 6.92 Å². The van der Waals surface area contributed by atoms with Gasteiger partial charge >= 0.3 is 5.97 Å². The molecular formula is C9H9BrF2N2O2. The van der Waals surface area contributed by atoms with Crippen LogP contribution in [0.5, 0.6) is 0 Å². The molecule has 1 heterocycles. The van der Waals surface area contributed by atoms with Crippen molar-refractivity contribution in [2.45, 2.75) is 13.3 Å². The molecule has 1 aromatic heterocycles. The first-order valence-electron chi connectivity index (χ1n) is 4.38. The van der Waals surface area contributed by atoms with Crippen LogP contribution >= 0.6 is 15.9 Å². The number of nitrogens with two attached hydrogens (primary N) is 1. The quantitative estimate of drug-likeness (QED) is 0.687. The Bertz CT molecular complexity index is 413. The van der Waals surface area contributed by atoms with Crippen molar-refractivity contribution in [2.24, 2.45) is 0 Å². The molecule has 0 fully saturated rings. The molecule has 0 unspecified atom stereocenters. The van der Waals surface area contributed by atoms with Gasteiger partial charge in [-0.15, -0.1) is 0 Å². The summed E-state index contributed by atoms with van der Waals surface area (Å²) in [5.74, 6) is -0.871. The van der Waals surface area contributed by atoms with Gasteiger partial charge in [0, 0.05) is 0 Å². The Labute approximate surface area is 98.9 Å². The molecule has 0 aliphatic heterocycles. The van der Waals surface area contributed by atoms with E-state index in [2.05, 4.69) is 25.7 Å². The van der Waals surface area contributed by atoms with Crippen LogP contribution in [-0.4, -0.2) is 17.6 Å². The zero-order valence-corrected chi connectivity index (χ0v) is 9.92. The van der Waals surface area contributed by atoms with Gasteiger partial charge in [0.1, 0.15) is 10.2 Å². The number of esters is 1. The third-order valence-electron chi connectivity index (χ3n) is 1.80. The van der Waals surface area contributed by atoms with E-state index in [9.17, 15) is 13.6 Å². The second-order valence-corrected chi connectivity index (χ2v) is 3.57. The lowest BCUT2D eigenvalue weighted by Crippen LogP contribution is -2.12. The van der Waals surface area contributed by atoms with Gasteiger partial charge in [-0.1, -0.05) is 0 Å². The van der Waals surface area contributed by atoms with Gasteiger partial charge in [-0.2, -0.15) is 0 Å². The standard InChI is InChI=1S/C9H9BrF2N2O2/c1-2-16-9(15)6-5(8(11)12)4(13)3-14-7(6)10/h3,8H,2,13H2,1H3. The number of ether oxygens (including phenoxy) is 1. The van der Waals surface area contributed by atoms with E-state index in [1.807, 2.05) is 0 Å². The zero-order chi connectivity index (χ0) is 12.3. The molecule has 88 valence electrons. The maximum atomic E-state index is 12.7. The van der Waals surface area contributed by atoms with Crippen molar-refractivity contribution in [1.82, 2.24) is 4.98 Å². The molecule has 0 saturated heterocycles. The highest BCUT2D eigenvalue weighted by molar-refractivity contribution is 9.10. The number of pyridine rings is 1. The van der Waals surface area contributed by atoms with Crippen molar-refractivity contribution < 1.29 is 18.3 Å². The highest BCUT2D eigenvalue weighted by atomic mass is 79.9. The van der Waals surface area contributed by atoms with Gasteiger partial charge in [-0.25, -0.2) is 18.6 Å². The van der Waals surface area contributed by atoms with Crippen LogP contribution in [0.25, 0.3) is 0 Å². The molecule has 2 N–H and O–H groups in total. The molecule has 0 saturated carbocycles. The van der Waals surface area contributed by atoms with Crippen LogP contribution in [0.4, 0.5) is 14.5 Å². The lowest BCUT2D eigenvalue weighted by molar-refractivity contribution is 0.0514. The monoisotopic (exact) mass is 294 g/mol. The Morgan fingerprint density at radius 1 is 1.69 bits per heavy atom. The minimum absolute atomic E-state index is 0.00421. The molecule has 7 heteroatoms. The number of aromatic nitrogens is 1. The van der Waals surface area contributed by atoms with E-state index in [0.717, 1.165) is 6.20 Å². The molecule has 16 heavy (non-hydrogen) atoms. The van der Waals surface area contributed by atoms with Crippen molar-refractivity contribution >= 4 is 27.6 Å². The van der Waals surface area contributed by atoms with Gasteiger partial charge in [0.05, 0.1) is 24.1 Å². The third-order valence-corrected chi connectivity index (χ3v) is 2.40. The number of carbonyl (C=O) groups excluding carboxylic acids is 1. The first kappa shape index (κ1) is 12.8. The second-order valence-electron chi connectivity index (χ2n) is 2.81. The Hall–Kier alpha value is -1.24. The van der Waals surface area contributed by atoms with Gasteiger partial charge in [0.25, 0.3) is 6.43 Å². The minimum Gasteiger partial charge on any atom is -0.462 e. The van der Waals surface area contributed by atoms with Crippen LogP contribution in [0.2, 0.25) is 0 Å². The fraction of sp³-hybridized carbons (Fsp3) is 0.333. The number of nitrogens with zero attached hydrogens (tertiary/aromatic N) is 1. The molecule has 4 nitrogen and oxygen atoms in total. The van der Waals surface area contributed by atoms with Crippen LogP contribution in [0.3, 0.4) is 0 Å². The van der Waals surface area contributed by atoms with Crippen LogP contribution in [0, 0.1) is 0 Å². The van der Waals surface area contributed by atoms with Crippen molar-refractivity contribution in [2.75, 3.05) is 12.3 Å². The van der Waals surface area contributed by atoms with Crippen molar-refractivity contribution in [3.8, 4) is 0 Å². The third kappa shape index (κ3) is 2.46. The Balaban J connectivity index is 3.34. The first-order valence-corrected chi connectivity index (χ1v) is 5.17. The van der Waals surface area contributed by atoms with Crippen LogP contribution in [-0.2, 0) is 4.74 Å². The summed E-state index contributed by atoms with van der Waals surface area (Å²) in [6, 6.07) is 0. The number of carbonyl (C=O) groups is 1. The zero-order valence-electron chi connectivity index (χ0n) is 8.34. The largest absolute Gasteiger partial charge is 0.462 e. The van der Waals surface area contributed by atoms with Gasteiger partial charge in [0.2, 0.25) is 0 Å². The highest BCUT2D eigenvalue weighted by Gasteiger charge is 2.25. The molecule has 0 aliphatic carbocycles. The predicted octanol–water partition coefficient (Wildman–Crippen LogP) is 2.54. The second kappa shape index (κ2) is 5.20. The molecule has 0 aliphatic rings. The topological polar surface area (TPSA) is 65.2 Å². The molecule has 0 spiro atoms. The Morgan fingerprint density at radius 3 is 2.81 bits per heavy atom. The van der Waals surface area contributed by atoms with E-state index in [1.165, 1.54) is 0 Å². The molecule has 0 aromatic carbocycles. The summed E-state index contributed by atoms with van der Waals surface area (Å²) in [6.07, 6.45) is -1.80. The molecule has 1 aromatic rings. The number of hydrogen-bond acceptors (Lipinski definition) is 4. The maximum Gasteiger partial charge on any atom is 0.341 e. The van der Waals surface area contributed by atoms with Crippen molar-refractivity contribution in [3.63, 3.8) is 0 Å². The van der Waals surface area contributed by atoms with Gasteiger partial charge < -0.3 is 10.5 Å². The Kier molecular flexibility index (Phi) is 4.17. The SMILES string of the molecule is CCOC(=O)c1c(Br)ncc(N)c1C(F)F. The van der Waals surface area contributed by atoms with Crippen molar-refractivity contribution in [3.05, 3.63) is 21.9 Å². The lowest BCUT2D eigenvalue weighted by Gasteiger charge is -2.11. The van der Waals surface area contributed by atoms with Crippen LogP contribution in [0.1, 0.15) is 29.3 Å². The summed E-state index contributed by atoms with van der Waals surface area (Å²) >= 11 is 2.92. The van der Waals surface area contributed by atoms with Crippen LogP contribution in [0.15, 0.2) is 10.8 Å². The molecule has 0 bridgehead atoms. The average Bonchev–Trinajstić information content (AvgIpc) is 2.20. The summed E-state index contributed by atoms with van der Waals surface area (Å²) in [5, 5.41) is 0. The minimum atomic E-state index is -2.86. The van der Waals surface area contributed by atoms with Gasteiger partial charge in [0.15, 0.2) is 0 Å². The predicted molar refractivity (Wildman–Crippen MR) is 57.3 cm³/mol. The van der Waals surface area contributed by atoms with E-state index < -0.39 is 18.0 Å². The van der Waals surface area contributed by atoms with Gasteiger partial charge in [-0.05, 0) is 22.9 Å². The van der Waals surface area contributed by atoms with E-state index in [-0.39, 0.29) is 22.5 Å². The number of hydrogen-bond donors (Lipinski definition) is 1. The maximum absolute atomic E-state index is 12.7. The fourth-order valence-corrected chi connectivity index (χ4v) is 1.63. The summed E-state index contributed by atoms with van der Waals surface area (Å²) < 4.78 is 30.1. The number of anilines is 1. The summed E-state index contributed by atoms with van der Waals surface area (Å²) in [6.45, 7) is 1.66. The van der Waals surface area contributed by atoms with Crippen molar-refractivity contribution in [1.29, 1.82) is 0 Å². The Morgan fingerprint density at radius 2 is 2.31 bits per heavy atom. The lowest BCUT2D eigenvalue weighted by atomic mass is 10.1. The van der Waals surface area contributed by atoms with E-state index in [0.29, 0.717) is 0 Å². The number of nitrogen functional groups attached to an aromatic ring is 1. The molecule has 0 amide bonds. The molecule has 0 atom stereocenters. The van der Waals surface area contributed by atoms with E-state index >= 15 is 0 Å². The number of alkyl halides is 2. The summed E-state index contributed by atoms with van der Waals surface area (Å²) in [5.41, 5.74) is 4.24. The number of rotatable bonds is 3. The molecular weight excluding hydrogens is 286 g/mol. The van der Waals surface area contributed by atoms with E-state index in [4.69, 9.17) is 5.73 Å². The fourth-order valence-electron chi connectivity index (χ4n) is 1.15. The highest BCUT2D eigenvalue weighted by Crippen LogP contribution is 2.32. The van der Waals surface area contributed by atoms with Crippen LogP contribution < -0.4 is 5.73 Å². The molecule has 1 rings (SSSR count). The normalized spacial score (nSPS) is 10.6. The molecule has 0 radical (unpaired) electrons. The summed E-state index contributed by atoms with van der Waals surface area (Å²) in [7, 11) is 0. The first-order chi connectivity index (χ1) is 7.49. The number of halogens is 3.